The molecular formula is C14H15IN2O. The second-order valence-corrected chi connectivity index (χ2v) is 6.00. The zero-order valence-electron chi connectivity index (χ0n) is 10.1. The molecule has 0 aliphatic heterocycles. The van der Waals surface area contributed by atoms with Gasteiger partial charge in [-0.3, -0.25) is 4.68 Å². The first-order chi connectivity index (χ1) is 8.79. The van der Waals surface area contributed by atoms with Gasteiger partial charge in [0.25, 0.3) is 0 Å². The molecule has 4 heteroatoms. The highest BCUT2D eigenvalue weighted by atomic mass is 127. The van der Waals surface area contributed by atoms with Crippen molar-refractivity contribution in [2.75, 3.05) is 6.61 Å². The van der Waals surface area contributed by atoms with Gasteiger partial charge in [-0.25, -0.2) is 0 Å². The Kier molecular flexibility index (Phi) is 3.54. The number of rotatable bonds is 5. The summed E-state index contributed by atoms with van der Waals surface area (Å²) in [6.45, 7) is 1.68. The van der Waals surface area contributed by atoms with Gasteiger partial charge in [0.1, 0.15) is 5.75 Å². The van der Waals surface area contributed by atoms with Crippen molar-refractivity contribution in [3.8, 4) is 5.75 Å². The van der Waals surface area contributed by atoms with Gasteiger partial charge in [0.2, 0.25) is 0 Å². The number of hydrogen-bond acceptors (Lipinski definition) is 2. The molecule has 1 aromatic carbocycles. The van der Waals surface area contributed by atoms with E-state index < -0.39 is 0 Å². The van der Waals surface area contributed by atoms with E-state index >= 15 is 0 Å². The third kappa shape index (κ3) is 3.25. The van der Waals surface area contributed by atoms with Crippen LogP contribution in [-0.2, 0) is 6.54 Å². The molecule has 0 radical (unpaired) electrons. The molecule has 1 aliphatic rings. The zero-order valence-corrected chi connectivity index (χ0v) is 12.2. The molecule has 18 heavy (non-hydrogen) atoms. The molecule has 1 aromatic heterocycles. The minimum absolute atomic E-state index is 0.802. The molecule has 0 N–H and O–H groups in total. The largest absolute Gasteiger partial charge is 0.493 e. The number of hydrogen-bond donors (Lipinski definition) is 0. The summed E-state index contributed by atoms with van der Waals surface area (Å²) in [5.74, 6) is 1.77. The zero-order chi connectivity index (χ0) is 12.4. The molecular weight excluding hydrogens is 339 g/mol. The minimum atomic E-state index is 0.802. The normalized spacial score (nSPS) is 14.7. The van der Waals surface area contributed by atoms with Crippen LogP contribution >= 0.6 is 22.6 Å². The number of aromatic nitrogens is 2. The third-order valence-electron chi connectivity index (χ3n) is 3.05. The SMILES string of the molecule is Ic1cnn(Cc2ccc(OCC3CC3)cc2)c1. The summed E-state index contributed by atoms with van der Waals surface area (Å²) in [5, 5.41) is 4.28. The first-order valence-corrected chi connectivity index (χ1v) is 7.27. The lowest BCUT2D eigenvalue weighted by molar-refractivity contribution is 0.299. The Bertz CT molecular complexity index is 517. The van der Waals surface area contributed by atoms with E-state index in [-0.39, 0.29) is 0 Å². The highest BCUT2D eigenvalue weighted by Crippen LogP contribution is 2.29. The quantitative estimate of drug-likeness (QED) is 0.771. The molecule has 1 fully saturated rings. The second kappa shape index (κ2) is 5.30. The highest BCUT2D eigenvalue weighted by molar-refractivity contribution is 14.1. The molecule has 94 valence electrons. The van der Waals surface area contributed by atoms with Crippen LogP contribution in [0.15, 0.2) is 36.7 Å². The molecule has 0 amide bonds. The maximum Gasteiger partial charge on any atom is 0.119 e. The monoisotopic (exact) mass is 354 g/mol. The summed E-state index contributed by atoms with van der Waals surface area (Å²) in [6.07, 6.45) is 6.57. The van der Waals surface area contributed by atoms with Gasteiger partial charge in [-0.05, 0) is 59.0 Å². The first-order valence-electron chi connectivity index (χ1n) is 6.19. The van der Waals surface area contributed by atoms with Crippen LogP contribution in [0.5, 0.6) is 5.75 Å². The summed E-state index contributed by atoms with van der Waals surface area (Å²) in [7, 11) is 0. The van der Waals surface area contributed by atoms with Crippen molar-refractivity contribution in [2.24, 2.45) is 5.92 Å². The molecule has 3 nitrogen and oxygen atoms in total. The number of benzene rings is 1. The van der Waals surface area contributed by atoms with Crippen molar-refractivity contribution in [1.29, 1.82) is 0 Å². The second-order valence-electron chi connectivity index (χ2n) is 4.75. The fraction of sp³-hybridized carbons (Fsp3) is 0.357. The fourth-order valence-corrected chi connectivity index (χ4v) is 2.25. The van der Waals surface area contributed by atoms with E-state index in [1.807, 2.05) is 29.2 Å². The molecule has 2 aromatic rings. The van der Waals surface area contributed by atoms with Gasteiger partial charge in [-0.1, -0.05) is 12.1 Å². The standard InChI is InChI=1S/C14H15IN2O/c15-13-7-16-17(9-13)8-11-3-5-14(6-4-11)18-10-12-1-2-12/h3-7,9,12H,1-2,8,10H2. The summed E-state index contributed by atoms with van der Waals surface area (Å²) < 4.78 is 8.83. The summed E-state index contributed by atoms with van der Waals surface area (Å²) in [5.41, 5.74) is 1.24. The molecule has 1 heterocycles. The molecule has 1 aliphatic carbocycles. The Labute approximate surface area is 120 Å². The maximum absolute atomic E-state index is 5.72. The van der Waals surface area contributed by atoms with Crippen molar-refractivity contribution < 1.29 is 4.74 Å². The van der Waals surface area contributed by atoms with E-state index in [1.165, 1.54) is 18.4 Å². The van der Waals surface area contributed by atoms with Crippen LogP contribution in [0.4, 0.5) is 0 Å². The molecule has 0 spiro atoms. The molecule has 0 saturated heterocycles. The number of ether oxygens (including phenoxy) is 1. The number of nitrogens with zero attached hydrogens (tertiary/aromatic N) is 2. The van der Waals surface area contributed by atoms with E-state index in [9.17, 15) is 0 Å². The van der Waals surface area contributed by atoms with E-state index in [2.05, 4.69) is 39.8 Å². The lowest BCUT2D eigenvalue weighted by Crippen LogP contribution is -2.01. The maximum atomic E-state index is 5.72. The van der Waals surface area contributed by atoms with Crippen molar-refractivity contribution in [1.82, 2.24) is 9.78 Å². The van der Waals surface area contributed by atoms with Gasteiger partial charge >= 0.3 is 0 Å². The first kappa shape index (κ1) is 12.0. The summed E-state index contributed by atoms with van der Waals surface area (Å²) in [4.78, 5) is 0. The lowest BCUT2D eigenvalue weighted by Gasteiger charge is -2.06. The van der Waals surface area contributed by atoms with E-state index in [4.69, 9.17) is 4.74 Å². The molecule has 1 saturated carbocycles. The van der Waals surface area contributed by atoms with Crippen molar-refractivity contribution in [2.45, 2.75) is 19.4 Å². The molecule has 0 unspecified atom stereocenters. The van der Waals surface area contributed by atoms with E-state index in [0.29, 0.717) is 0 Å². The fourth-order valence-electron chi connectivity index (χ4n) is 1.80. The molecule has 3 rings (SSSR count). The predicted molar refractivity (Wildman–Crippen MR) is 78.7 cm³/mol. The van der Waals surface area contributed by atoms with Crippen molar-refractivity contribution >= 4 is 22.6 Å². The van der Waals surface area contributed by atoms with Crippen LogP contribution in [0.25, 0.3) is 0 Å². The van der Waals surface area contributed by atoms with Gasteiger partial charge in [0.05, 0.1) is 22.9 Å². The Morgan fingerprint density at radius 3 is 2.67 bits per heavy atom. The van der Waals surface area contributed by atoms with E-state index in [1.54, 1.807) is 0 Å². The van der Waals surface area contributed by atoms with Crippen LogP contribution < -0.4 is 4.74 Å². The Morgan fingerprint density at radius 2 is 2.06 bits per heavy atom. The van der Waals surface area contributed by atoms with Crippen LogP contribution in [0, 0.1) is 9.49 Å². The Balaban J connectivity index is 1.59. The highest BCUT2D eigenvalue weighted by Gasteiger charge is 2.21. The van der Waals surface area contributed by atoms with Crippen LogP contribution in [0.1, 0.15) is 18.4 Å². The van der Waals surface area contributed by atoms with Crippen LogP contribution in [0.2, 0.25) is 0 Å². The summed E-state index contributed by atoms with van der Waals surface area (Å²) >= 11 is 2.27. The molecule has 0 atom stereocenters. The van der Waals surface area contributed by atoms with Crippen LogP contribution in [-0.4, -0.2) is 16.4 Å². The topological polar surface area (TPSA) is 27.1 Å². The smallest absolute Gasteiger partial charge is 0.119 e. The van der Waals surface area contributed by atoms with E-state index in [0.717, 1.165) is 28.4 Å². The van der Waals surface area contributed by atoms with Gasteiger partial charge in [0.15, 0.2) is 0 Å². The summed E-state index contributed by atoms with van der Waals surface area (Å²) in [6, 6.07) is 8.31. The average Bonchev–Trinajstić information content (AvgIpc) is 3.12. The van der Waals surface area contributed by atoms with Gasteiger partial charge in [0, 0.05) is 6.20 Å². The third-order valence-corrected chi connectivity index (χ3v) is 3.61. The Morgan fingerprint density at radius 1 is 1.28 bits per heavy atom. The average molecular weight is 354 g/mol. The minimum Gasteiger partial charge on any atom is -0.493 e. The predicted octanol–water partition coefficient (Wildman–Crippen LogP) is 3.32. The van der Waals surface area contributed by atoms with Crippen molar-refractivity contribution in [3.05, 3.63) is 45.8 Å². The van der Waals surface area contributed by atoms with Gasteiger partial charge < -0.3 is 4.74 Å². The number of halogens is 1. The van der Waals surface area contributed by atoms with Gasteiger partial charge in [-0.15, -0.1) is 0 Å². The van der Waals surface area contributed by atoms with Gasteiger partial charge in [-0.2, -0.15) is 5.10 Å². The lowest BCUT2D eigenvalue weighted by atomic mass is 10.2. The van der Waals surface area contributed by atoms with Crippen LogP contribution in [0.3, 0.4) is 0 Å². The Hall–Kier alpha value is -1.04. The van der Waals surface area contributed by atoms with Crippen molar-refractivity contribution in [3.63, 3.8) is 0 Å². The molecule has 0 bridgehead atoms.